The van der Waals surface area contributed by atoms with Crippen LogP contribution in [-0.2, 0) is 19.7 Å². The Kier molecular flexibility index (Phi) is 6.54. The summed E-state index contributed by atoms with van der Waals surface area (Å²) in [5.41, 5.74) is 2.34. The third kappa shape index (κ3) is 4.99. The monoisotopic (exact) mass is 447 g/mol. The van der Waals surface area contributed by atoms with Gasteiger partial charge in [-0.3, -0.25) is 14.7 Å². The summed E-state index contributed by atoms with van der Waals surface area (Å²) in [6, 6.07) is 5.28. The molecule has 0 saturated carbocycles. The van der Waals surface area contributed by atoms with Crippen LogP contribution in [0, 0.1) is 0 Å². The molecule has 0 unspecified atom stereocenters. The number of hydrogen-bond acceptors (Lipinski definition) is 6. The minimum atomic E-state index is -0.447. The van der Waals surface area contributed by atoms with E-state index in [0.717, 1.165) is 5.69 Å². The number of H-pyrrole nitrogens is 1. The molecule has 3 aromatic rings. The number of methoxy groups -OCH3 is 1. The number of nitrogens with zero attached hydrogens (tertiary/aromatic N) is 3. The van der Waals surface area contributed by atoms with Gasteiger partial charge in [-0.15, -0.1) is 5.10 Å². The molecule has 0 fully saturated rings. The largest absolute Gasteiger partial charge is 0.492 e. The van der Waals surface area contributed by atoms with Gasteiger partial charge in [0, 0.05) is 17.4 Å². The van der Waals surface area contributed by atoms with Crippen molar-refractivity contribution in [2.24, 2.45) is 0 Å². The van der Waals surface area contributed by atoms with E-state index in [1.807, 2.05) is 33.8 Å². The minimum Gasteiger partial charge on any atom is -0.492 e. The second kappa shape index (κ2) is 8.97. The standard InChI is InChI=1S/C21H26ClN5O4/c1-6-31-14-8-7-12(11-13(14)23-15(28)9-10-16(29)30-5)19-24-20-17(22)18(21(2,3)4)25-27(20)26-19/h7-8,11,25H,6,9-10H2,1-5H3,(H,23,28). The van der Waals surface area contributed by atoms with Crippen molar-refractivity contribution in [1.29, 1.82) is 0 Å². The lowest BCUT2D eigenvalue weighted by molar-refractivity contribution is -0.141. The molecule has 0 aliphatic heterocycles. The summed E-state index contributed by atoms with van der Waals surface area (Å²) in [7, 11) is 1.28. The molecule has 0 atom stereocenters. The fourth-order valence-electron chi connectivity index (χ4n) is 3.00. The van der Waals surface area contributed by atoms with Crippen LogP contribution in [0.15, 0.2) is 18.2 Å². The topological polar surface area (TPSA) is 111 Å². The lowest BCUT2D eigenvalue weighted by Crippen LogP contribution is -2.15. The second-order valence-corrected chi connectivity index (χ2v) is 8.37. The molecule has 0 saturated heterocycles. The van der Waals surface area contributed by atoms with Crippen molar-refractivity contribution in [3.63, 3.8) is 0 Å². The van der Waals surface area contributed by atoms with Gasteiger partial charge in [-0.25, -0.2) is 4.98 Å². The number of ether oxygens (including phenoxy) is 2. The van der Waals surface area contributed by atoms with Gasteiger partial charge < -0.3 is 14.8 Å². The van der Waals surface area contributed by atoms with Crippen LogP contribution in [0.4, 0.5) is 5.69 Å². The van der Waals surface area contributed by atoms with E-state index in [0.29, 0.717) is 40.1 Å². The van der Waals surface area contributed by atoms with Gasteiger partial charge in [0.15, 0.2) is 11.5 Å². The summed E-state index contributed by atoms with van der Waals surface area (Å²) >= 11 is 6.51. The number of carbonyl (C=O) groups is 2. The number of nitrogens with one attached hydrogen (secondary N) is 2. The third-order valence-corrected chi connectivity index (χ3v) is 4.94. The fraction of sp³-hybridized carbons (Fsp3) is 0.429. The zero-order valence-corrected chi connectivity index (χ0v) is 19.0. The molecule has 3 rings (SSSR count). The highest BCUT2D eigenvalue weighted by atomic mass is 35.5. The lowest BCUT2D eigenvalue weighted by Gasteiger charge is -2.16. The first-order valence-electron chi connectivity index (χ1n) is 9.92. The van der Waals surface area contributed by atoms with Gasteiger partial charge in [-0.2, -0.15) is 4.63 Å². The smallest absolute Gasteiger partial charge is 0.306 e. The van der Waals surface area contributed by atoms with E-state index < -0.39 is 5.97 Å². The van der Waals surface area contributed by atoms with Crippen LogP contribution in [-0.4, -0.2) is 45.4 Å². The van der Waals surface area contributed by atoms with Crippen molar-refractivity contribution < 1.29 is 19.1 Å². The fourth-order valence-corrected chi connectivity index (χ4v) is 3.44. The molecule has 2 heterocycles. The second-order valence-electron chi connectivity index (χ2n) is 7.99. The van der Waals surface area contributed by atoms with Gasteiger partial charge in [-0.1, -0.05) is 32.4 Å². The van der Waals surface area contributed by atoms with E-state index in [1.165, 1.54) is 7.11 Å². The summed E-state index contributed by atoms with van der Waals surface area (Å²) in [4.78, 5) is 28.1. The van der Waals surface area contributed by atoms with Crippen molar-refractivity contribution in [3.8, 4) is 17.1 Å². The Balaban J connectivity index is 1.90. The minimum absolute atomic E-state index is 0.000601. The predicted octanol–water partition coefficient (Wildman–Crippen LogP) is 3.97. The molecular weight excluding hydrogens is 422 g/mol. The van der Waals surface area contributed by atoms with E-state index in [2.05, 4.69) is 25.2 Å². The molecule has 1 amide bonds. The van der Waals surface area contributed by atoms with Crippen LogP contribution in [0.25, 0.3) is 17.0 Å². The van der Waals surface area contributed by atoms with Gasteiger partial charge in [0.1, 0.15) is 10.8 Å². The quantitative estimate of drug-likeness (QED) is 0.530. The molecular formula is C21H26ClN5O4. The maximum absolute atomic E-state index is 12.3. The number of hydrogen-bond donors (Lipinski definition) is 2. The summed E-state index contributed by atoms with van der Waals surface area (Å²) < 4.78 is 11.7. The average Bonchev–Trinajstić information content (AvgIpc) is 3.27. The number of esters is 1. The number of carbonyl (C=O) groups excluding carboxylic acids is 2. The number of halogens is 1. The molecule has 1 aromatic carbocycles. The molecule has 0 aliphatic carbocycles. The molecule has 0 aliphatic rings. The van der Waals surface area contributed by atoms with Crippen LogP contribution in [0.2, 0.25) is 5.02 Å². The highest BCUT2D eigenvalue weighted by Crippen LogP contribution is 2.33. The lowest BCUT2D eigenvalue weighted by atomic mass is 9.92. The molecule has 0 bridgehead atoms. The van der Waals surface area contributed by atoms with Gasteiger partial charge in [0.25, 0.3) is 0 Å². The van der Waals surface area contributed by atoms with Crippen molar-refractivity contribution in [2.45, 2.75) is 46.0 Å². The van der Waals surface area contributed by atoms with Crippen molar-refractivity contribution in [2.75, 3.05) is 19.0 Å². The summed E-state index contributed by atoms with van der Waals surface area (Å²) in [5, 5.41) is 11.0. The van der Waals surface area contributed by atoms with Gasteiger partial charge >= 0.3 is 5.97 Å². The van der Waals surface area contributed by atoms with E-state index in [1.54, 1.807) is 16.8 Å². The zero-order chi connectivity index (χ0) is 22.8. The van der Waals surface area contributed by atoms with Crippen LogP contribution < -0.4 is 10.1 Å². The summed E-state index contributed by atoms with van der Waals surface area (Å²) in [6.07, 6.45) is -0.00663. The third-order valence-electron chi connectivity index (χ3n) is 4.59. The first-order chi connectivity index (χ1) is 14.6. The van der Waals surface area contributed by atoms with Gasteiger partial charge in [0.2, 0.25) is 5.91 Å². The molecule has 166 valence electrons. The number of benzene rings is 1. The highest BCUT2D eigenvalue weighted by molar-refractivity contribution is 6.34. The van der Waals surface area contributed by atoms with Crippen LogP contribution in [0.1, 0.15) is 46.2 Å². The molecule has 9 nitrogen and oxygen atoms in total. The Morgan fingerprint density at radius 2 is 2.00 bits per heavy atom. The number of amides is 1. The Bertz CT molecular complexity index is 1110. The van der Waals surface area contributed by atoms with Crippen LogP contribution in [0.5, 0.6) is 5.75 Å². The number of anilines is 1. The maximum Gasteiger partial charge on any atom is 0.306 e. The Hall–Kier alpha value is -3.07. The molecule has 2 N–H and O–H groups in total. The normalized spacial score (nSPS) is 11.5. The Morgan fingerprint density at radius 3 is 2.61 bits per heavy atom. The predicted molar refractivity (Wildman–Crippen MR) is 118 cm³/mol. The first kappa shape index (κ1) is 22.6. The van der Waals surface area contributed by atoms with E-state index in [4.69, 9.17) is 16.3 Å². The summed E-state index contributed by atoms with van der Waals surface area (Å²) in [6.45, 7) is 8.43. The molecule has 0 spiro atoms. The Labute approximate surface area is 185 Å². The van der Waals surface area contributed by atoms with Crippen LogP contribution in [0.3, 0.4) is 0 Å². The van der Waals surface area contributed by atoms with E-state index >= 15 is 0 Å². The molecule has 10 heteroatoms. The van der Waals surface area contributed by atoms with Gasteiger partial charge in [-0.05, 0) is 25.1 Å². The van der Waals surface area contributed by atoms with Crippen LogP contribution >= 0.6 is 11.6 Å². The van der Waals surface area contributed by atoms with Gasteiger partial charge in [0.05, 0.1) is 31.5 Å². The van der Waals surface area contributed by atoms with E-state index in [-0.39, 0.29) is 24.2 Å². The number of aromatic nitrogens is 4. The molecule has 0 radical (unpaired) electrons. The number of fused-ring (bicyclic) bond motifs is 1. The molecule has 31 heavy (non-hydrogen) atoms. The maximum atomic E-state index is 12.3. The zero-order valence-electron chi connectivity index (χ0n) is 18.2. The van der Waals surface area contributed by atoms with Crippen molar-refractivity contribution >= 4 is 34.8 Å². The summed E-state index contributed by atoms with van der Waals surface area (Å²) in [5.74, 6) is 0.182. The number of aromatic amines is 1. The SMILES string of the molecule is CCOc1ccc(-c2nc3c(Cl)c(C(C)(C)C)[nH]n3n2)cc1NC(=O)CCC(=O)OC. The first-order valence-corrected chi connectivity index (χ1v) is 10.3. The highest BCUT2D eigenvalue weighted by Gasteiger charge is 2.24. The van der Waals surface area contributed by atoms with Crippen molar-refractivity contribution in [3.05, 3.63) is 28.9 Å². The Morgan fingerprint density at radius 1 is 1.26 bits per heavy atom. The van der Waals surface area contributed by atoms with E-state index in [9.17, 15) is 9.59 Å². The number of rotatable bonds is 7. The molecule has 2 aromatic heterocycles. The average molecular weight is 448 g/mol. The van der Waals surface area contributed by atoms with Crippen molar-refractivity contribution in [1.82, 2.24) is 19.8 Å².